The average molecular weight is 487 g/mol. The first kappa shape index (κ1) is 20.9. The zero-order chi connectivity index (χ0) is 17.9. The summed E-state index contributed by atoms with van der Waals surface area (Å²) in [6.07, 6.45) is 8.56. The number of aryl methyl sites for hydroxylation is 1. The lowest BCUT2D eigenvalue weighted by Crippen LogP contribution is -2.52. The molecule has 0 spiro atoms. The summed E-state index contributed by atoms with van der Waals surface area (Å²) in [7, 11) is 1.92. The minimum Gasteiger partial charge on any atom is -0.361 e. The highest BCUT2D eigenvalue weighted by molar-refractivity contribution is 14.0. The van der Waals surface area contributed by atoms with Crippen molar-refractivity contribution in [3.63, 3.8) is 0 Å². The van der Waals surface area contributed by atoms with Gasteiger partial charge < -0.3 is 14.7 Å². The summed E-state index contributed by atoms with van der Waals surface area (Å²) in [4.78, 5) is 9.43. The van der Waals surface area contributed by atoms with Crippen LogP contribution < -0.4 is 5.32 Å². The van der Waals surface area contributed by atoms with Crippen molar-refractivity contribution in [3.05, 3.63) is 17.5 Å². The fourth-order valence-electron chi connectivity index (χ4n) is 4.77. The van der Waals surface area contributed by atoms with E-state index in [1.54, 1.807) is 0 Å². The molecule has 3 fully saturated rings. The zero-order valence-electron chi connectivity index (χ0n) is 16.7. The highest BCUT2D eigenvalue weighted by Gasteiger charge is 2.43. The molecule has 2 aliphatic carbocycles. The molecule has 27 heavy (non-hydrogen) atoms. The Morgan fingerprint density at radius 2 is 1.96 bits per heavy atom. The van der Waals surface area contributed by atoms with Crippen LogP contribution in [-0.2, 0) is 6.54 Å². The second-order valence-corrected chi connectivity index (χ2v) is 8.29. The Labute approximate surface area is 180 Å². The van der Waals surface area contributed by atoms with Gasteiger partial charge in [0.05, 0.1) is 5.69 Å². The molecule has 0 amide bonds. The molecule has 1 aromatic rings. The van der Waals surface area contributed by atoms with Crippen molar-refractivity contribution < 1.29 is 4.52 Å². The zero-order valence-corrected chi connectivity index (χ0v) is 19.0. The van der Waals surface area contributed by atoms with Crippen molar-refractivity contribution in [2.24, 2.45) is 16.8 Å². The van der Waals surface area contributed by atoms with Gasteiger partial charge in [-0.1, -0.05) is 37.3 Å². The van der Waals surface area contributed by atoms with Gasteiger partial charge in [-0.25, -0.2) is 0 Å². The molecule has 0 aromatic carbocycles. The molecule has 2 heterocycles. The molecule has 1 aliphatic heterocycles. The Morgan fingerprint density at radius 1 is 1.22 bits per heavy atom. The second kappa shape index (κ2) is 9.58. The molecule has 152 valence electrons. The van der Waals surface area contributed by atoms with Gasteiger partial charge in [-0.2, -0.15) is 0 Å². The highest BCUT2D eigenvalue weighted by Crippen LogP contribution is 2.44. The number of piperazine rings is 1. The van der Waals surface area contributed by atoms with Crippen molar-refractivity contribution in [2.75, 3.05) is 33.2 Å². The molecule has 3 aliphatic rings. The van der Waals surface area contributed by atoms with Crippen LogP contribution in [0, 0.1) is 18.8 Å². The van der Waals surface area contributed by atoms with Gasteiger partial charge in [-0.15, -0.1) is 24.0 Å². The monoisotopic (exact) mass is 487 g/mol. The third-order valence-corrected chi connectivity index (χ3v) is 6.36. The Balaban J connectivity index is 0.00000210. The van der Waals surface area contributed by atoms with Crippen LogP contribution >= 0.6 is 24.0 Å². The molecular formula is C20H34IN5O. The normalized spacial score (nSPS) is 27.3. The first-order valence-corrected chi connectivity index (χ1v) is 10.4. The van der Waals surface area contributed by atoms with Crippen molar-refractivity contribution in [1.29, 1.82) is 0 Å². The molecule has 6 nitrogen and oxygen atoms in total. The van der Waals surface area contributed by atoms with E-state index >= 15 is 0 Å². The topological polar surface area (TPSA) is 56.9 Å². The first-order chi connectivity index (χ1) is 12.7. The maximum Gasteiger partial charge on any atom is 0.193 e. The van der Waals surface area contributed by atoms with Crippen molar-refractivity contribution in [1.82, 2.24) is 20.3 Å². The van der Waals surface area contributed by atoms with E-state index in [0.29, 0.717) is 6.04 Å². The Kier molecular flexibility index (Phi) is 7.42. The van der Waals surface area contributed by atoms with Crippen molar-refractivity contribution in [2.45, 2.75) is 58.0 Å². The fourth-order valence-corrected chi connectivity index (χ4v) is 4.77. The molecule has 0 bridgehead atoms. The Hall–Kier alpha value is -0.830. The lowest BCUT2D eigenvalue weighted by molar-refractivity contribution is 0.168. The molecule has 0 radical (unpaired) electrons. The number of guanidine groups is 1. The number of aromatic nitrogens is 1. The number of aliphatic imine (C=N–C) groups is 1. The third kappa shape index (κ3) is 5.37. The summed E-state index contributed by atoms with van der Waals surface area (Å²) >= 11 is 0. The van der Waals surface area contributed by atoms with E-state index in [9.17, 15) is 0 Å². The van der Waals surface area contributed by atoms with Gasteiger partial charge in [-0.05, 0) is 25.2 Å². The molecule has 1 saturated heterocycles. The van der Waals surface area contributed by atoms with E-state index in [1.807, 2.05) is 20.0 Å². The van der Waals surface area contributed by atoms with E-state index in [-0.39, 0.29) is 24.0 Å². The summed E-state index contributed by atoms with van der Waals surface area (Å²) in [5.74, 6) is 3.84. The van der Waals surface area contributed by atoms with E-state index in [4.69, 9.17) is 4.52 Å². The maximum absolute atomic E-state index is 5.18. The van der Waals surface area contributed by atoms with E-state index in [2.05, 4.69) is 25.3 Å². The quantitative estimate of drug-likeness (QED) is 0.402. The third-order valence-electron chi connectivity index (χ3n) is 6.36. The molecule has 2 atom stereocenters. The lowest BCUT2D eigenvalue weighted by Gasteiger charge is -2.36. The maximum atomic E-state index is 5.18. The molecule has 2 unspecified atom stereocenters. The average Bonchev–Trinajstić information content (AvgIpc) is 3.34. The Bertz CT molecular complexity index is 620. The number of hydrogen-bond acceptors (Lipinski definition) is 4. The molecule has 2 saturated carbocycles. The molecule has 4 rings (SSSR count). The Morgan fingerprint density at radius 3 is 2.59 bits per heavy atom. The SMILES string of the molecule is CN=C(NC1CC1C1CCCCC1)N1CCN(Cc2cc(C)on2)CC1.I. The summed E-state index contributed by atoms with van der Waals surface area (Å²) < 4.78 is 5.18. The van der Waals surface area contributed by atoms with Crippen LogP contribution in [0.25, 0.3) is 0 Å². The van der Waals surface area contributed by atoms with E-state index in [1.165, 1.54) is 38.5 Å². The number of nitrogens with one attached hydrogen (secondary N) is 1. The predicted octanol–water partition coefficient (Wildman–Crippen LogP) is 3.26. The lowest BCUT2D eigenvalue weighted by atomic mass is 9.85. The van der Waals surface area contributed by atoms with Gasteiger partial charge in [0, 0.05) is 51.9 Å². The van der Waals surface area contributed by atoms with Gasteiger partial charge in [0.25, 0.3) is 0 Å². The van der Waals surface area contributed by atoms with Crippen molar-refractivity contribution in [3.8, 4) is 0 Å². The van der Waals surface area contributed by atoms with Gasteiger partial charge in [0.1, 0.15) is 5.76 Å². The highest BCUT2D eigenvalue weighted by atomic mass is 127. The minimum atomic E-state index is 0. The fraction of sp³-hybridized carbons (Fsp3) is 0.800. The van der Waals surface area contributed by atoms with Crippen LogP contribution in [0.3, 0.4) is 0 Å². The van der Waals surface area contributed by atoms with Gasteiger partial charge in [0.2, 0.25) is 0 Å². The summed E-state index contributed by atoms with van der Waals surface area (Å²) in [5.41, 5.74) is 1.03. The van der Waals surface area contributed by atoms with Gasteiger partial charge in [0.15, 0.2) is 5.96 Å². The van der Waals surface area contributed by atoms with Crippen LogP contribution in [0.5, 0.6) is 0 Å². The number of rotatable bonds is 4. The van der Waals surface area contributed by atoms with Crippen LogP contribution in [0.4, 0.5) is 0 Å². The number of halogens is 1. The van der Waals surface area contributed by atoms with E-state index in [0.717, 1.165) is 62.0 Å². The minimum absolute atomic E-state index is 0. The van der Waals surface area contributed by atoms with Crippen LogP contribution in [-0.4, -0.2) is 60.2 Å². The summed E-state index contributed by atoms with van der Waals surface area (Å²) in [6, 6.07) is 2.69. The largest absolute Gasteiger partial charge is 0.361 e. The summed E-state index contributed by atoms with van der Waals surface area (Å²) in [5, 5.41) is 7.87. The first-order valence-electron chi connectivity index (χ1n) is 10.4. The van der Waals surface area contributed by atoms with Gasteiger partial charge >= 0.3 is 0 Å². The summed E-state index contributed by atoms with van der Waals surface area (Å²) in [6.45, 7) is 6.97. The standard InChI is InChI=1S/C20H33N5O.HI/c1-15-12-17(23-26-15)14-24-8-10-25(11-9-24)20(21-2)22-19-13-18(19)16-6-4-3-5-7-16;/h12,16,18-19H,3-11,13-14H2,1-2H3,(H,21,22);1H. The smallest absolute Gasteiger partial charge is 0.193 e. The second-order valence-electron chi connectivity index (χ2n) is 8.29. The van der Waals surface area contributed by atoms with Crippen molar-refractivity contribution >= 4 is 29.9 Å². The van der Waals surface area contributed by atoms with Crippen LogP contribution in [0.1, 0.15) is 50.0 Å². The number of nitrogens with zero attached hydrogens (tertiary/aromatic N) is 4. The van der Waals surface area contributed by atoms with Gasteiger partial charge in [-0.3, -0.25) is 9.89 Å². The molecule has 7 heteroatoms. The van der Waals surface area contributed by atoms with Crippen LogP contribution in [0.2, 0.25) is 0 Å². The van der Waals surface area contributed by atoms with Crippen LogP contribution in [0.15, 0.2) is 15.6 Å². The van der Waals surface area contributed by atoms with E-state index < -0.39 is 0 Å². The predicted molar refractivity (Wildman–Crippen MR) is 118 cm³/mol. The molecule has 1 N–H and O–H groups in total. The number of hydrogen-bond donors (Lipinski definition) is 1. The molecular weight excluding hydrogens is 453 g/mol. The molecule has 1 aromatic heterocycles.